The van der Waals surface area contributed by atoms with E-state index in [1.807, 2.05) is 26.8 Å². The van der Waals surface area contributed by atoms with Crippen LogP contribution in [-0.2, 0) is 17.6 Å². The number of nitriles is 1. The molecule has 0 radical (unpaired) electrons. The summed E-state index contributed by atoms with van der Waals surface area (Å²) in [6.07, 6.45) is 4.27. The molecule has 5 heteroatoms. The minimum absolute atomic E-state index is 0.0638. The Morgan fingerprint density at radius 1 is 1.50 bits per heavy atom. The number of nitrogens with zero attached hydrogens (tertiary/aromatic N) is 3. The van der Waals surface area contributed by atoms with Crippen LogP contribution in [0.4, 0.5) is 0 Å². The largest absolute Gasteiger partial charge is 0.338 e. The number of aromatic nitrogens is 1. The molecule has 0 fully saturated rings. The molecule has 0 spiro atoms. The highest BCUT2D eigenvalue weighted by Gasteiger charge is 2.23. The zero-order chi connectivity index (χ0) is 17.7. The van der Waals surface area contributed by atoms with Crippen LogP contribution in [0.2, 0.25) is 0 Å². The van der Waals surface area contributed by atoms with E-state index >= 15 is 0 Å². The van der Waals surface area contributed by atoms with Gasteiger partial charge in [-0.05, 0) is 58.1 Å². The van der Waals surface area contributed by atoms with Crippen LogP contribution in [0.1, 0.15) is 50.4 Å². The van der Waals surface area contributed by atoms with Crippen molar-refractivity contribution in [1.29, 1.82) is 5.26 Å². The maximum Gasteiger partial charge on any atom is 0.236 e. The Morgan fingerprint density at radius 2 is 2.21 bits per heavy atom. The molecule has 0 saturated carbocycles. The molecule has 1 aliphatic carbocycles. The summed E-state index contributed by atoms with van der Waals surface area (Å²) in [5.41, 5.74) is 3.84. The van der Waals surface area contributed by atoms with Crippen LogP contribution in [0.5, 0.6) is 0 Å². The number of hydrogen-bond acceptors (Lipinski definition) is 4. The van der Waals surface area contributed by atoms with E-state index < -0.39 is 0 Å². The molecule has 0 bridgehead atoms. The number of carbonyl (C=O) groups is 1. The highest BCUT2D eigenvalue weighted by Crippen LogP contribution is 2.30. The summed E-state index contributed by atoms with van der Waals surface area (Å²) in [4.78, 5) is 19.2. The molecule has 1 amide bonds. The van der Waals surface area contributed by atoms with Crippen molar-refractivity contribution in [3.05, 3.63) is 35.0 Å². The van der Waals surface area contributed by atoms with E-state index in [0.717, 1.165) is 37.0 Å². The van der Waals surface area contributed by atoms with E-state index in [0.29, 0.717) is 23.7 Å². The van der Waals surface area contributed by atoms with Crippen LogP contribution in [0.15, 0.2) is 23.2 Å². The average molecular weight is 343 g/mol. The second-order valence-electron chi connectivity index (χ2n) is 6.34. The summed E-state index contributed by atoms with van der Waals surface area (Å²) in [6, 6.07) is 4.21. The van der Waals surface area contributed by atoms with Crippen LogP contribution in [0, 0.1) is 11.3 Å². The molecule has 1 unspecified atom stereocenters. The number of fused-ring (bicyclic) bond motifs is 1. The molecule has 0 aliphatic heterocycles. The minimum atomic E-state index is -0.273. The van der Waals surface area contributed by atoms with Gasteiger partial charge in [0.2, 0.25) is 5.91 Å². The third-order valence-electron chi connectivity index (χ3n) is 4.18. The van der Waals surface area contributed by atoms with Gasteiger partial charge >= 0.3 is 0 Å². The van der Waals surface area contributed by atoms with Crippen molar-refractivity contribution in [2.24, 2.45) is 0 Å². The Kier molecular flexibility index (Phi) is 6.44. The Balaban J connectivity index is 2.18. The summed E-state index contributed by atoms with van der Waals surface area (Å²) >= 11 is 1.39. The van der Waals surface area contributed by atoms with Gasteiger partial charge in [-0.25, -0.2) is 4.98 Å². The molecule has 1 atom stereocenters. The third kappa shape index (κ3) is 4.39. The lowest BCUT2D eigenvalue weighted by atomic mass is 9.95. The Hall–Kier alpha value is -1.80. The van der Waals surface area contributed by atoms with Crippen molar-refractivity contribution in [2.45, 2.75) is 56.7 Å². The van der Waals surface area contributed by atoms with Crippen molar-refractivity contribution in [3.8, 4) is 6.07 Å². The number of likely N-dealkylation sites (N-methyl/N-ethyl adjacent to an activating group) is 1. The predicted octanol–water partition coefficient (Wildman–Crippen LogP) is 3.74. The second-order valence-corrected chi connectivity index (χ2v) is 7.66. The van der Waals surface area contributed by atoms with Crippen LogP contribution >= 0.6 is 11.8 Å². The van der Waals surface area contributed by atoms with E-state index in [-0.39, 0.29) is 11.2 Å². The fourth-order valence-electron chi connectivity index (χ4n) is 2.93. The summed E-state index contributed by atoms with van der Waals surface area (Å²) < 4.78 is 0. The molecule has 0 N–H and O–H groups in total. The second kappa shape index (κ2) is 8.34. The SMILES string of the molecule is C=C(C)CN(CC)C(=O)C(C)Sc1nc2c(cc1C#N)CCCC2. The Labute approximate surface area is 149 Å². The maximum atomic E-state index is 12.7. The lowest BCUT2D eigenvalue weighted by Gasteiger charge is -2.24. The molecule has 1 aromatic rings. The van der Waals surface area contributed by atoms with Gasteiger partial charge in [-0.2, -0.15) is 5.26 Å². The maximum absolute atomic E-state index is 12.7. The van der Waals surface area contributed by atoms with Crippen molar-refractivity contribution < 1.29 is 4.79 Å². The van der Waals surface area contributed by atoms with Crippen LogP contribution in [0.25, 0.3) is 0 Å². The van der Waals surface area contributed by atoms with E-state index in [9.17, 15) is 10.1 Å². The van der Waals surface area contributed by atoms with Crippen molar-refractivity contribution >= 4 is 17.7 Å². The van der Waals surface area contributed by atoms with Crippen LogP contribution < -0.4 is 0 Å². The molecule has 0 aromatic carbocycles. The number of hydrogen-bond donors (Lipinski definition) is 0. The van der Waals surface area contributed by atoms with E-state index in [4.69, 9.17) is 4.98 Å². The van der Waals surface area contributed by atoms with E-state index in [1.165, 1.54) is 17.3 Å². The molecule has 1 aromatic heterocycles. The number of pyridine rings is 1. The summed E-state index contributed by atoms with van der Waals surface area (Å²) in [7, 11) is 0. The quantitative estimate of drug-likeness (QED) is 0.583. The third-order valence-corrected chi connectivity index (χ3v) is 5.27. The minimum Gasteiger partial charge on any atom is -0.338 e. The lowest BCUT2D eigenvalue weighted by molar-refractivity contribution is -0.129. The molecule has 1 aliphatic rings. The van der Waals surface area contributed by atoms with Gasteiger partial charge in [0.05, 0.1) is 10.8 Å². The first-order valence-electron chi connectivity index (χ1n) is 8.49. The highest BCUT2D eigenvalue weighted by atomic mass is 32.2. The highest BCUT2D eigenvalue weighted by molar-refractivity contribution is 8.00. The number of carbonyl (C=O) groups excluding carboxylic acids is 1. The summed E-state index contributed by atoms with van der Waals surface area (Å²) in [6.45, 7) is 10.9. The van der Waals surface area contributed by atoms with Gasteiger partial charge in [-0.3, -0.25) is 4.79 Å². The summed E-state index contributed by atoms with van der Waals surface area (Å²) in [5.74, 6) is 0.0638. The van der Waals surface area contributed by atoms with Crippen LogP contribution in [0.3, 0.4) is 0 Å². The van der Waals surface area contributed by atoms with Gasteiger partial charge in [0.15, 0.2) is 0 Å². The van der Waals surface area contributed by atoms with Gasteiger partial charge in [0.1, 0.15) is 11.1 Å². The van der Waals surface area contributed by atoms with Crippen molar-refractivity contribution in [3.63, 3.8) is 0 Å². The first-order chi connectivity index (χ1) is 11.5. The zero-order valence-corrected chi connectivity index (χ0v) is 15.6. The number of thioether (sulfide) groups is 1. The predicted molar refractivity (Wildman–Crippen MR) is 98.0 cm³/mol. The standard InChI is InChI=1S/C19H25N3OS/c1-5-22(12-13(2)3)19(23)14(4)24-18-16(11-20)10-15-8-6-7-9-17(15)21-18/h10,14H,2,5-9,12H2,1,3-4H3. The van der Waals surface area contributed by atoms with Gasteiger partial charge in [0, 0.05) is 18.8 Å². The lowest BCUT2D eigenvalue weighted by Crippen LogP contribution is -2.37. The smallest absolute Gasteiger partial charge is 0.236 e. The number of amides is 1. The van der Waals surface area contributed by atoms with Crippen molar-refractivity contribution in [1.82, 2.24) is 9.88 Å². The average Bonchev–Trinajstić information content (AvgIpc) is 2.58. The molecule has 0 saturated heterocycles. The molecular weight excluding hydrogens is 318 g/mol. The molecule has 2 rings (SSSR count). The molecule has 1 heterocycles. The normalized spacial score (nSPS) is 14.4. The van der Waals surface area contributed by atoms with Gasteiger partial charge in [-0.15, -0.1) is 0 Å². The monoisotopic (exact) mass is 343 g/mol. The first-order valence-corrected chi connectivity index (χ1v) is 9.37. The van der Waals surface area contributed by atoms with Gasteiger partial charge in [0.25, 0.3) is 0 Å². The molecule has 24 heavy (non-hydrogen) atoms. The first kappa shape index (κ1) is 18.5. The number of rotatable bonds is 6. The van der Waals surface area contributed by atoms with Crippen molar-refractivity contribution in [2.75, 3.05) is 13.1 Å². The Morgan fingerprint density at radius 3 is 2.83 bits per heavy atom. The van der Waals surface area contributed by atoms with Crippen LogP contribution in [-0.4, -0.2) is 34.1 Å². The number of aryl methyl sites for hydroxylation is 2. The molecule has 4 nitrogen and oxygen atoms in total. The van der Waals surface area contributed by atoms with Gasteiger partial charge < -0.3 is 4.90 Å². The molecule has 128 valence electrons. The fourth-order valence-corrected chi connectivity index (χ4v) is 3.91. The fraction of sp³-hybridized carbons (Fsp3) is 0.526. The van der Waals surface area contributed by atoms with E-state index in [1.54, 1.807) is 4.90 Å². The zero-order valence-electron chi connectivity index (χ0n) is 14.8. The summed E-state index contributed by atoms with van der Waals surface area (Å²) in [5, 5.41) is 9.85. The Bertz CT molecular complexity index is 678. The topological polar surface area (TPSA) is 57.0 Å². The van der Waals surface area contributed by atoms with Gasteiger partial charge in [-0.1, -0.05) is 23.9 Å². The van der Waals surface area contributed by atoms with E-state index in [2.05, 4.69) is 12.6 Å². The molecular formula is C19H25N3OS.